The molecule has 0 aliphatic rings. The zero-order chi connectivity index (χ0) is 16.1. The van der Waals surface area contributed by atoms with Gasteiger partial charge in [0.05, 0.1) is 10.0 Å². The average molecular weight is 347 g/mol. The largest absolute Gasteiger partial charge is 0.435 e. The number of rotatable bonds is 4. The van der Waals surface area contributed by atoms with Crippen LogP contribution in [-0.4, -0.2) is 12.6 Å². The molecule has 0 spiro atoms. The molecule has 116 valence electrons. The lowest BCUT2D eigenvalue weighted by Crippen LogP contribution is -2.19. The number of carbonyl (C=O) groups is 1. The zero-order valence-electron chi connectivity index (χ0n) is 10.9. The van der Waals surface area contributed by atoms with Crippen molar-refractivity contribution in [1.29, 1.82) is 0 Å². The fourth-order valence-corrected chi connectivity index (χ4v) is 1.89. The number of hydrogen-bond acceptors (Lipinski definition) is 2. The number of alkyl halides is 2. The Balaban J connectivity index is 1.95. The van der Waals surface area contributed by atoms with Crippen molar-refractivity contribution in [3.63, 3.8) is 0 Å². The predicted molar refractivity (Wildman–Crippen MR) is 82.2 cm³/mol. The molecule has 2 aromatic carbocycles. The first kappa shape index (κ1) is 16.3. The number of halogens is 4. The summed E-state index contributed by atoms with van der Waals surface area (Å²) in [4.78, 5) is 11.8. The van der Waals surface area contributed by atoms with E-state index in [4.69, 9.17) is 23.2 Å². The Labute approximate surface area is 135 Å². The third-order valence-corrected chi connectivity index (χ3v) is 3.25. The second kappa shape index (κ2) is 7.29. The van der Waals surface area contributed by atoms with E-state index in [1.165, 1.54) is 30.3 Å². The van der Waals surface area contributed by atoms with Crippen LogP contribution >= 0.6 is 23.2 Å². The molecule has 2 aromatic rings. The number of amides is 2. The number of nitrogens with one attached hydrogen (secondary N) is 2. The first-order valence-corrected chi connectivity index (χ1v) is 6.77. The Hall–Kier alpha value is -2.05. The van der Waals surface area contributed by atoms with Crippen LogP contribution in [0.4, 0.5) is 25.0 Å². The molecule has 22 heavy (non-hydrogen) atoms. The highest BCUT2D eigenvalue weighted by molar-refractivity contribution is 6.42. The van der Waals surface area contributed by atoms with Gasteiger partial charge in [0.15, 0.2) is 0 Å². The Morgan fingerprint density at radius 2 is 1.55 bits per heavy atom. The third kappa shape index (κ3) is 4.75. The van der Waals surface area contributed by atoms with E-state index < -0.39 is 12.6 Å². The van der Waals surface area contributed by atoms with Gasteiger partial charge in [-0.05, 0) is 42.5 Å². The Morgan fingerprint density at radius 1 is 0.955 bits per heavy atom. The molecule has 0 aromatic heterocycles. The molecule has 0 bridgehead atoms. The minimum Gasteiger partial charge on any atom is -0.435 e. The molecule has 2 rings (SSSR count). The maximum atomic E-state index is 12.0. The first-order valence-electron chi connectivity index (χ1n) is 6.02. The molecule has 0 heterocycles. The van der Waals surface area contributed by atoms with Crippen molar-refractivity contribution in [2.75, 3.05) is 10.6 Å². The van der Waals surface area contributed by atoms with E-state index in [1.807, 2.05) is 0 Å². The second-order valence-corrected chi connectivity index (χ2v) is 4.93. The molecule has 8 heteroatoms. The van der Waals surface area contributed by atoms with Gasteiger partial charge in [-0.25, -0.2) is 4.79 Å². The van der Waals surface area contributed by atoms with Crippen molar-refractivity contribution in [3.8, 4) is 5.75 Å². The fraction of sp³-hybridized carbons (Fsp3) is 0.0714. The topological polar surface area (TPSA) is 50.4 Å². The molecular formula is C14H10Cl2F2N2O2. The van der Waals surface area contributed by atoms with Crippen LogP contribution in [0, 0.1) is 0 Å². The summed E-state index contributed by atoms with van der Waals surface area (Å²) in [6.45, 7) is -2.89. The van der Waals surface area contributed by atoms with Gasteiger partial charge in [0, 0.05) is 11.4 Å². The standard InChI is InChI=1S/C14H10Cl2F2N2O2/c15-11-6-3-9(7-12(11)16)20-14(21)19-8-1-4-10(5-2-8)22-13(17)18/h1-7,13H,(H2,19,20,21). The van der Waals surface area contributed by atoms with Crippen LogP contribution in [0.1, 0.15) is 0 Å². The van der Waals surface area contributed by atoms with Gasteiger partial charge in [0.2, 0.25) is 0 Å². The van der Waals surface area contributed by atoms with Gasteiger partial charge in [-0.1, -0.05) is 23.2 Å². The molecule has 0 unspecified atom stereocenters. The van der Waals surface area contributed by atoms with Crippen LogP contribution in [0.25, 0.3) is 0 Å². The van der Waals surface area contributed by atoms with Gasteiger partial charge in [-0.15, -0.1) is 0 Å². The molecule has 0 fully saturated rings. The second-order valence-electron chi connectivity index (χ2n) is 4.11. The van der Waals surface area contributed by atoms with Crippen LogP contribution in [0.2, 0.25) is 10.0 Å². The van der Waals surface area contributed by atoms with Crippen LogP contribution in [0.5, 0.6) is 5.75 Å². The van der Waals surface area contributed by atoms with Crippen LogP contribution in [0.3, 0.4) is 0 Å². The van der Waals surface area contributed by atoms with Crippen molar-refractivity contribution in [1.82, 2.24) is 0 Å². The molecule has 4 nitrogen and oxygen atoms in total. The van der Waals surface area contributed by atoms with E-state index in [-0.39, 0.29) is 5.75 Å². The number of hydrogen-bond donors (Lipinski definition) is 2. The van der Waals surface area contributed by atoms with Gasteiger partial charge < -0.3 is 15.4 Å². The number of anilines is 2. The van der Waals surface area contributed by atoms with E-state index in [2.05, 4.69) is 15.4 Å². The molecular weight excluding hydrogens is 337 g/mol. The van der Waals surface area contributed by atoms with E-state index in [0.29, 0.717) is 21.4 Å². The van der Waals surface area contributed by atoms with E-state index in [1.54, 1.807) is 12.1 Å². The lowest BCUT2D eigenvalue weighted by Gasteiger charge is -2.09. The lowest BCUT2D eigenvalue weighted by atomic mass is 10.3. The predicted octanol–water partition coefficient (Wildman–Crippen LogP) is 5.24. The van der Waals surface area contributed by atoms with Gasteiger partial charge in [0.1, 0.15) is 5.75 Å². The summed E-state index contributed by atoms with van der Waals surface area (Å²) in [5.41, 5.74) is 0.878. The summed E-state index contributed by atoms with van der Waals surface area (Å²) in [5.74, 6) is 0.00504. The number of urea groups is 1. The van der Waals surface area contributed by atoms with Gasteiger partial charge in [-0.3, -0.25) is 0 Å². The quantitative estimate of drug-likeness (QED) is 0.795. The molecule has 2 N–H and O–H groups in total. The SMILES string of the molecule is O=C(Nc1ccc(OC(F)F)cc1)Nc1ccc(Cl)c(Cl)c1. The Morgan fingerprint density at radius 3 is 2.14 bits per heavy atom. The summed E-state index contributed by atoms with van der Waals surface area (Å²) in [7, 11) is 0. The minimum absolute atomic E-state index is 0.00504. The average Bonchev–Trinajstić information content (AvgIpc) is 2.44. The van der Waals surface area contributed by atoms with E-state index >= 15 is 0 Å². The van der Waals surface area contributed by atoms with Gasteiger partial charge in [0.25, 0.3) is 0 Å². The highest BCUT2D eigenvalue weighted by Gasteiger charge is 2.07. The van der Waals surface area contributed by atoms with E-state index in [9.17, 15) is 13.6 Å². The molecule has 0 atom stereocenters. The minimum atomic E-state index is -2.89. The summed E-state index contributed by atoms with van der Waals surface area (Å²) in [6.07, 6.45) is 0. The maximum absolute atomic E-state index is 12.0. The zero-order valence-corrected chi connectivity index (χ0v) is 12.5. The molecule has 0 saturated carbocycles. The highest BCUT2D eigenvalue weighted by atomic mass is 35.5. The normalized spacial score (nSPS) is 10.4. The summed E-state index contributed by atoms with van der Waals surface area (Å²) in [5, 5.41) is 5.79. The maximum Gasteiger partial charge on any atom is 0.387 e. The summed E-state index contributed by atoms with van der Waals surface area (Å²) < 4.78 is 28.2. The molecule has 0 aliphatic carbocycles. The molecule has 2 amide bonds. The first-order chi connectivity index (χ1) is 10.4. The third-order valence-electron chi connectivity index (χ3n) is 2.51. The lowest BCUT2D eigenvalue weighted by molar-refractivity contribution is -0.0498. The van der Waals surface area contributed by atoms with Crippen LogP contribution in [0.15, 0.2) is 42.5 Å². The van der Waals surface area contributed by atoms with Crippen molar-refractivity contribution in [2.45, 2.75) is 6.61 Å². The van der Waals surface area contributed by atoms with Crippen molar-refractivity contribution in [2.24, 2.45) is 0 Å². The Kier molecular flexibility index (Phi) is 5.41. The van der Waals surface area contributed by atoms with Gasteiger partial charge in [-0.2, -0.15) is 8.78 Å². The van der Waals surface area contributed by atoms with Crippen LogP contribution in [-0.2, 0) is 0 Å². The molecule has 0 radical (unpaired) electrons. The monoisotopic (exact) mass is 346 g/mol. The number of benzene rings is 2. The van der Waals surface area contributed by atoms with Gasteiger partial charge >= 0.3 is 12.6 Å². The van der Waals surface area contributed by atoms with E-state index in [0.717, 1.165) is 0 Å². The molecule has 0 aliphatic heterocycles. The van der Waals surface area contributed by atoms with Crippen molar-refractivity contribution >= 4 is 40.6 Å². The number of ether oxygens (including phenoxy) is 1. The summed E-state index contributed by atoms with van der Waals surface area (Å²) in [6, 6.07) is 9.65. The van der Waals surface area contributed by atoms with Crippen molar-refractivity contribution in [3.05, 3.63) is 52.5 Å². The van der Waals surface area contributed by atoms with Crippen molar-refractivity contribution < 1.29 is 18.3 Å². The Bertz CT molecular complexity index is 666. The fourth-order valence-electron chi connectivity index (χ4n) is 1.59. The number of carbonyl (C=O) groups excluding carboxylic acids is 1. The molecule has 0 saturated heterocycles. The highest BCUT2D eigenvalue weighted by Crippen LogP contribution is 2.25. The summed E-state index contributed by atoms with van der Waals surface area (Å²) >= 11 is 11.6. The van der Waals surface area contributed by atoms with Crippen LogP contribution < -0.4 is 15.4 Å². The smallest absolute Gasteiger partial charge is 0.387 e.